The molecule has 3 aromatic rings. The minimum Gasteiger partial charge on any atom is -0.497 e. The van der Waals surface area contributed by atoms with Crippen molar-refractivity contribution >= 4 is 11.6 Å². The molecule has 0 saturated heterocycles. The van der Waals surface area contributed by atoms with Crippen molar-refractivity contribution in [1.29, 1.82) is 0 Å². The molecule has 2 aromatic carbocycles. The average molecular weight is 379 g/mol. The number of rotatable bonds is 7. The van der Waals surface area contributed by atoms with Crippen molar-refractivity contribution in [3.05, 3.63) is 48.5 Å². The number of amides is 1. The Morgan fingerprint density at radius 2 is 1.79 bits per heavy atom. The molecule has 4 rings (SSSR count). The van der Waals surface area contributed by atoms with Crippen LogP contribution in [-0.4, -0.2) is 39.3 Å². The van der Waals surface area contributed by atoms with E-state index in [9.17, 15) is 4.79 Å². The van der Waals surface area contributed by atoms with Crippen LogP contribution in [0.3, 0.4) is 0 Å². The molecule has 0 spiro atoms. The van der Waals surface area contributed by atoms with Gasteiger partial charge in [-0.1, -0.05) is 0 Å². The number of aromatic nitrogens is 4. The molecule has 8 nitrogen and oxygen atoms in total. The molecule has 28 heavy (non-hydrogen) atoms. The van der Waals surface area contributed by atoms with E-state index in [1.54, 1.807) is 38.3 Å². The Labute approximate surface area is 162 Å². The smallest absolute Gasteiger partial charge is 0.265 e. The lowest BCUT2D eigenvalue weighted by Crippen LogP contribution is -2.30. The van der Waals surface area contributed by atoms with Gasteiger partial charge in [0, 0.05) is 11.3 Å². The van der Waals surface area contributed by atoms with Crippen LogP contribution in [0.5, 0.6) is 11.5 Å². The highest BCUT2D eigenvalue weighted by atomic mass is 16.5. The Balaban J connectivity index is 1.37. The van der Waals surface area contributed by atoms with E-state index in [4.69, 9.17) is 9.47 Å². The van der Waals surface area contributed by atoms with Gasteiger partial charge in [-0.3, -0.25) is 4.79 Å². The van der Waals surface area contributed by atoms with Crippen molar-refractivity contribution in [1.82, 2.24) is 20.2 Å². The summed E-state index contributed by atoms with van der Waals surface area (Å²) < 4.78 is 12.7. The fraction of sp³-hybridized carbons (Fsp3) is 0.300. The van der Waals surface area contributed by atoms with Crippen molar-refractivity contribution < 1.29 is 14.3 Å². The summed E-state index contributed by atoms with van der Waals surface area (Å²) in [6.45, 7) is 1.71. The topological polar surface area (TPSA) is 91.2 Å². The van der Waals surface area contributed by atoms with Crippen LogP contribution in [0.2, 0.25) is 0 Å². The van der Waals surface area contributed by atoms with Gasteiger partial charge in [-0.2, -0.15) is 0 Å². The van der Waals surface area contributed by atoms with Crippen LogP contribution in [0, 0.1) is 0 Å². The van der Waals surface area contributed by atoms with Gasteiger partial charge in [-0.05, 0) is 78.7 Å². The maximum Gasteiger partial charge on any atom is 0.265 e. The lowest BCUT2D eigenvalue weighted by atomic mass is 10.2. The monoisotopic (exact) mass is 379 g/mol. The van der Waals surface area contributed by atoms with Crippen molar-refractivity contribution in [2.75, 3.05) is 12.4 Å². The van der Waals surface area contributed by atoms with Gasteiger partial charge < -0.3 is 14.8 Å². The lowest BCUT2D eigenvalue weighted by molar-refractivity contribution is -0.122. The molecule has 1 heterocycles. The number of carbonyl (C=O) groups excluding carboxylic acids is 1. The SMILES string of the molecule is COc1ccc(OC(C)C(=O)Nc2ccc(-c3nnnn3C3CC3)cc2)cc1. The number of hydrogen-bond donors (Lipinski definition) is 1. The van der Waals surface area contributed by atoms with E-state index in [0.717, 1.165) is 30.0 Å². The van der Waals surface area contributed by atoms with E-state index < -0.39 is 6.10 Å². The lowest BCUT2D eigenvalue weighted by Gasteiger charge is -2.15. The quantitative estimate of drug-likeness (QED) is 0.678. The summed E-state index contributed by atoms with van der Waals surface area (Å²) in [6, 6.07) is 15.0. The highest BCUT2D eigenvalue weighted by Crippen LogP contribution is 2.36. The van der Waals surface area contributed by atoms with Gasteiger partial charge in [-0.15, -0.1) is 5.10 Å². The molecular formula is C20H21N5O3. The van der Waals surface area contributed by atoms with Gasteiger partial charge in [0.2, 0.25) is 0 Å². The van der Waals surface area contributed by atoms with Crippen molar-refractivity contribution in [2.45, 2.75) is 31.9 Å². The summed E-state index contributed by atoms with van der Waals surface area (Å²) in [7, 11) is 1.60. The first kappa shape index (κ1) is 18.0. The zero-order valence-corrected chi connectivity index (χ0v) is 15.7. The van der Waals surface area contributed by atoms with Gasteiger partial charge in [0.15, 0.2) is 11.9 Å². The number of nitrogens with one attached hydrogen (secondary N) is 1. The molecule has 1 fully saturated rings. The van der Waals surface area contributed by atoms with Gasteiger partial charge in [0.25, 0.3) is 5.91 Å². The summed E-state index contributed by atoms with van der Waals surface area (Å²) in [6.07, 6.45) is 1.58. The number of hydrogen-bond acceptors (Lipinski definition) is 6. The van der Waals surface area contributed by atoms with Crippen LogP contribution >= 0.6 is 0 Å². The van der Waals surface area contributed by atoms with Crippen LogP contribution < -0.4 is 14.8 Å². The zero-order chi connectivity index (χ0) is 19.5. The van der Waals surface area contributed by atoms with E-state index >= 15 is 0 Å². The maximum atomic E-state index is 12.4. The Morgan fingerprint density at radius 1 is 1.11 bits per heavy atom. The number of anilines is 1. The first-order valence-electron chi connectivity index (χ1n) is 9.14. The van der Waals surface area contributed by atoms with E-state index in [-0.39, 0.29) is 5.91 Å². The number of nitrogens with zero attached hydrogens (tertiary/aromatic N) is 4. The highest BCUT2D eigenvalue weighted by Gasteiger charge is 2.28. The molecule has 0 aliphatic heterocycles. The second-order valence-corrected chi connectivity index (χ2v) is 6.68. The summed E-state index contributed by atoms with van der Waals surface area (Å²) >= 11 is 0. The van der Waals surface area contributed by atoms with Gasteiger partial charge in [0.1, 0.15) is 11.5 Å². The number of methoxy groups -OCH3 is 1. The number of carbonyl (C=O) groups is 1. The van der Waals surface area contributed by atoms with Gasteiger partial charge in [0.05, 0.1) is 13.2 Å². The molecule has 1 amide bonds. The summed E-state index contributed by atoms with van der Waals surface area (Å²) in [5.41, 5.74) is 1.60. The number of benzene rings is 2. The molecule has 1 aromatic heterocycles. The maximum absolute atomic E-state index is 12.4. The molecule has 1 N–H and O–H groups in total. The van der Waals surface area contributed by atoms with Gasteiger partial charge >= 0.3 is 0 Å². The van der Waals surface area contributed by atoms with Crippen molar-refractivity contribution in [2.24, 2.45) is 0 Å². The summed E-state index contributed by atoms with van der Waals surface area (Å²) in [5, 5.41) is 14.8. The number of tetrazole rings is 1. The number of ether oxygens (including phenoxy) is 2. The second kappa shape index (κ2) is 7.67. The van der Waals surface area contributed by atoms with Gasteiger partial charge in [-0.25, -0.2) is 4.68 Å². The molecule has 144 valence electrons. The highest BCUT2D eigenvalue weighted by molar-refractivity contribution is 5.94. The second-order valence-electron chi connectivity index (χ2n) is 6.68. The predicted molar refractivity (Wildman–Crippen MR) is 103 cm³/mol. The summed E-state index contributed by atoms with van der Waals surface area (Å²) in [5.74, 6) is 1.85. The Bertz CT molecular complexity index is 949. The molecule has 8 heteroatoms. The average Bonchev–Trinajstić information content (AvgIpc) is 3.45. The third kappa shape index (κ3) is 3.95. The zero-order valence-electron chi connectivity index (χ0n) is 15.7. The Kier molecular flexibility index (Phi) is 4.92. The van der Waals surface area contributed by atoms with E-state index in [0.29, 0.717) is 17.5 Å². The molecule has 0 radical (unpaired) electrons. The molecule has 1 saturated carbocycles. The Hall–Kier alpha value is -3.42. The third-order valence-corrected chi connectivity index (χ3v) is 4.54. The first-order chi connectivity index (χ1) is 13.6. The Morgan fingerprint density at radius 3 is 2.43 bits per heavy atom. The molecule has 1 aliphatic rings. The molecule has 1 aliphatic carbocycles. The van der Waals surface area contributed by atoms with E-state index in [1.807, 2.05) is 28.9 Å². The van der Waals surface area contributed by atoms with Crippen LogP contribution in [0.15, 0.2) is 48.5 Å². The van der Waals surface area contributed by atoms with Crippen LogP contribution in [-0.2, 0) is 4.79 Å². The fourth-order valence-corrected chi connectivity index (χ4v) is 2.81. The minimum atomic E-state index is -0.643. The largest absolute Gasteiger partial charge is 0.497 e. The fourth-order valence-electron chi connectivity index (χ4n) is 2.81. The van der Waals surface area contributed by atoms with Crippen LogP contribution in [0.25, 0.3) is 11.4 Å². The van der Waals surface area contributed by atoms with Crippen LogP contribution in [0.1, 0.15) is 25.8 Å². The predicted octanol–water partition coefficient (Wildman–Crippen LogP) is 3.09. The van der Waals surface area contributed by atoms with Crippen molar-refractivity contribution in [3.63, 3.8) is 0 Å². The normalized spacial score (nSPS) is 14.4. The molecule has 1 unspecified atom stereocenters. The van der Waals surface area contributed by atoms with E-state index in [2.05, 4.69) is 20.8 Å². The standard InChI is InChI=1S/C20H21N5O3/c1-13(28-18-11-9-17(27-2)10-12-18)20(26)21-15-5-3-14(4-6-15)19-22-23-24-25(19)16-7-8-16/h3-6,9-13,16H,7-8H2,1-2H3,(H,21,26). The molecular weight excluding hydrogens is 358 g/mol. The molecule has 1 atom stereocenters. The van der Waals surface area contributed by atoms with E-state index in [1.165, 1.54) is 0 Å². The molecule has 0 bridgehead atoms. The third-order valence-electron chi connectivity index (χ3n) is 4.54. The minimum absolute atomic E-state index is 0.230. The first-order valence-corrected chi connectivity index (χ1v) is 9.14. The van der Waals surface area contributed by atoms with Crippen molar-refractivity contribution in [3.8, 4) is 22.9 Å². The summed E-state index contributed by atoms with van der Waals surface area (Å²) in [4.78, 5) is 12.4. The van der Waals surface area contributed by atoms with Crippen LogP contribution in [0.4, 0.5) is 5.69 Å².